The molecule has 0 amide bonds. The molecule has 4 nitrogen and oxygen atoms in total. The summed E-state index contributed by atoms with van der Waals surface area (Å²) in [7, 11) is 0. The molecule has 1 heterocycles. The molecule has 1 saturated carbocycles. The molecule has 0 aliphatic heterocycles. The summed E-state index contributed by atoms with van der Waals surface area (Å²) in [5.41, 5.74) is 1.03. The first-order valence-electron chi connectivity index (χ1n) is 7.48. The normalized spacial score (nSPS) is 14.5. The van der Waals surface area contributed by atoms with Crippen LogP contribution in [0.4, 0.5) is 5.82 Å². The van der Waals surface area contributed by atoms with E-state index in [1.54, 1.807) is 0 Å². The third-order valence-corrected chi connectivity index (χ3v) is 3.47. The summed E-state index contributed by atoms with van der Waals surface area (Å²) < 4.78 is 5.86. The van der Waals surface area contributed by atoms with Gasteiger partial charge in [-0.25, -0.2) is 4.98 Å². The standard InChI is InChI=1S/C15H25N3O/c1-4-9-16-14-11(3)15(18-13(5-2)17-14)19-10-8-12-6-7-12/h12H,4-10H2,1-3H3,(H,16,17,18). The van der Waals surface area contributed by atoms with Gasteiger partial charge in [0.15, 0.2) is 0 Å². The predicted octanol–water partition coefficient (Wildman–Crippen LogP) is 3.35. The number of aromatic nitrogens is 2. The SMILES string of the molecule is CCCNc1nc(CC)nc(OCCC2CC2)c1C. The molecule has 1 aromatic heterocycles. The Kier molecular flexibility index (Phi) is 5.00. The Bertz CT molecular complexity index is 416. The molecular formula is C15H25N3O. The maximum Gasteiger partial charge on any atom is 0.221 e. The molecule has 0 atom stereocenters. The van der Waals surface area contributed by atoms with Crippen molar-refractivity contribution in [2.75, 3.05) is 18.5 Å². The number of aryl methyl sites for hydroxylation is 1. The third kappa shape index (κ3) is 4.08. The summed E-state index contributed by atoms with van der Waals surface area (Å²) in [4.78, 5) is 9.05. The van der Waals surface area contributed by atoms with Gasteiger partial charge in [0.2, 0.25) is 5.88 Å². The number of hydrogen-bond donors (Lipinski definition) is 1. The van der Waals surface area contributed by atoms with E-state index in [1.165, 1.54) is 12.8 Å². The van der Waals surface area contributed by atoms with Gasteiger partial charge in [0.05, 0.1) is 12.2 Å². The lowest BCUT2D eigenvalue weighted by atomic mass is 10.3. The zero-order chi connectivity index (χ0) is 13.7. The molecule has 0 unspecified atom stereocenters. The first kappa shape index (κ1) is 14.1. The molecule has 0 bridgehead atoms. The zero-order valence-corrected chi connectivity index (χ0v) is 12.3. The molecular weight excluding hydrogens is 238 g/mol. The van der Waals surface area contributed by atoms with Gasteiger partial charge in [-0.3, -0.25) is 0 Å². The van der Waals surface area contributed by atoms with Gasteiger partial charge in [0, 0.05) is 13.0 Å². The summed E-state index contributed by atoms with van der Waals surface area (Å²) in [6, 6.07) is 0. The average molecular weight is 263 g/mol. The maximum atomic E-state index is 5.86. The molecule has 1 aliphatic rings. The van der Waals surface area contributed by atoms with E-state index in [2.05, 4.69) is 29.1 Å². The van der Waals surface area contributed by atoms with Crippen LogP contribution in [0.15, 0.2) is 0 Å². The average Bonchev–Trinajstić information content (AvgIpc) is 3.23. The van der Waals surface area contributed by atoms with Crippen LogP contribution in [0.5, 0.6) is 5.88 Å². The summed E-state index contributed by atoms with van der Waals surface area (Å²) in [6.07, 6.45) is 5.82. The van der Waals surface area contributed by atoms with Crippen LogP contribution in [0.25, 0.3) is 0 Å². The van der Waals surface area contributed by atoms with Gasteiger partial charge in [0.1, 0.15) is 11.6 Å². The number of ether oxygens (including phenoxy) is 1. The number of hydrogen-bond acceptors (Lipinski definition) is 4. The number of nitrogens with zero attached hydrogens (tertiary/aromatic N) is 2. The van der Waals surface area contributed by atoms with Gasteiger partial charge in [0.25, 0.3) is 0 Å². The predicted molar refractivity (Wildman–Crippen MR) is 77.8 cm³/mol. The van der Waals surface area contributed by atoms with Crippen molar-refractivity contribution >= 4 is 5.82 Å². The lowest BCUT2D eigenvalue weighted by molar-refractivity contribution is 0.288. The fourth-order valence-corrected chi connectivity index (χ4v) is 1.98. The van der Waals surface area contributed by atoms with Gasteiger partial charge in [-0.05, 0) is 25.7 Å². The molecule has 0 saturated heterocycles. The van der Waals surface area contributed by atoms with E-state index in [4.69, 9.17) is 4.74 Å². The number of nitrogens with one attached hydrogen (secondary N) is 1. The van der Waals surface area contributed by atoms with Crippen molar-refractivity contribution in [2.45, 2.75) is 52.9 Å². The van der Waals surface area contributed by atoms with Crippen LogP contribution < -0.4 is 10.1 Å². The Morgan fingerprint density at radius 1 is 1.26 bits per heavy atom. The van der Waals surface area contributed by atoms with Crippen molar-refractivity contribution in [2.24, 2.45) is 5.92 Å². The second-order valence-electron chi connectivity index (χ2n) is 5.28. The van der Waals surface area contributed by atoms with Gasteiger partial charge in [-0.1, -0.05) is 26.7 Å². The van der Waals surface area contributed by atoms with Crippen LogP contribution >= 0.6 is 0 Å². The molecule has 1 N–H and O–H groups in total. The smallest absolute Gasteiger partial charge is 0.221 e. The van der Waals surface area contributed by atoms with Crippen LogP contribution in [0.1, 0.15) is 50.9 Å². The van der Waals surface area contributed by atoms with E-state index >= 15 is 0 Å². The monoisotopic (exact) mass is 263 g/mol. The second kappa shape index (κ2) is 6.73. The van der Waals surface area contributed by atoms with Crippen molar-refractivity contribution in [3.05, 3.63) is 11.4 Å². The van der Waals surface area contributed by atoms with E-state index in [0.717, 1.165) is 61.4 Å². The van der Waals surface area contributed by atoms with Gasteiger partial charge in [-0.15, -0.1) is 0 Å². The molecule has 19 heavy (non-hydrogen) atoms. The van der Waals surface area contributed by atoms with Crippen molar-refractivity contribution < 1.29 is 4.74 Å². The summed E-state index contributed by atoms with van der Waals surface area (Å²) in [5.74, 6) is 3.43. The van der Waals surface area contributed by atoms with Gasteiger partial charge in [-0.2, -0.15) is 4.98 Å². The molecule has 2 rings (SSSR count). The van der Waals surface area contributed by atoms with Crippen LogP contribution in [-0.4, -0.2) is 23.1 Å². The summed E-state index contributed by atoms with van der Waals surface area (Å²) in [6.45, 7) is 7.96. The molecule has 0 radical (unpaired) electrons. The van der Waals surface area contributed by atoms with Crippen LogP contribution in [0.2, 0.25) is 0 Å². The Balaban J connectivity index is 2.04. The molecule has 106 valence electrons. The van der Waals surface area contributed by atoms with E-state index in [1.807, 2.05) is 6.92 Å². The van der Waals surface area contributed by atoms with Gasteiger partial charge < -0.3 is 10.1 Å². The van der Waals surface area contributed by atoms with Gasteiger partial charge >= 0.3 is 0 Å². The highest BCUT2D eigenvalue weighted by atomic mass is 16.5. The van der Waals surface area contributed by atoms with Crippen LogP contribution in [0, 0.1) is 12.8 Å². The second-order valence-corrected chi connectivity index (χ2v) is 5.28. The van der Waals surface area contributed by atoms with Crippen LogP contribution in [-0.2, 0) is 6.42 Å². The fourth-order valence-electron chi connectivity index (χ4n) is 1.98. The molecule has 1 fully saturated rings. The van der Waals surface area contributed by atoms with E-state index < -0.39 is 0 Å². The minimum atomic E-state index is 0.756. The molecule has 1 aromatic rings. The minimum absolute atomic E-state index is 0.756. The van der Waals surface area contributed by atoms with Crippen molar-refractivity contribution in [1.82, 2.24) is 9.97 Å². The molecule has 4 heteroatoms. The fraction of sp³-hybridized carbons (Fsp3) is 0.733. The van der Waals surface area contributed by atoms with E-state index in [-0.39, 0.29) is 0 Å². The number of anilines is 1. The first-order chi connectivity index (χ1) is 9.24. The van der Waals surface area contributed by atoms with Crippen molar-refractivity contribution in [1.29, 1.82) is 0 Å². The zero-order valence-electron chi connectivity index (χ0n) is 12.3. The van der Waals surface area contributed by atoms with E-state index in [0.29, 0.717) is 0 Å². The Morgan fingerprint density at radius 3 is 2.68 bits per heavy atom. The van der Waals surface area contributed by atoms with Crippen LogP contribution in [0.3, 0.4) is 0 Å². The number of rotatable bonds is 8. The summed E-state index contributed by atoms with van der Waals surface area (Å²) >= 11 is 0. The largest absolute Gasteiger partial charge is 0.477 e. The minimum Gasteiger partial charge on any atom is -0.477 e. The highest BCUT2D eigenvalue weighted by Crippen LogP contribution is 2.32. The lowest BCUT2D eigenvalue weighted by Gasteiger charge is -2.13. The molecule has 0 spiro atoms. The quantitative estimate of drug-likeness (QED) is 0.781. The molecule has 0 aromatic carbocycles. The highest BCUT2D eigenvalue weighted by Gasteiger charge is 2.21. The van der Waals surface area contributed by atoms with E-state index in [9.17, 15) is 0 Å². The Morgan fingerprint density at radius 2 is 2.05 bits per heavy atom. The summed E-state index contributed by atoms with van der Waals surface area (Å²) in [5, 5.41) is 3.36. The Hall–Kier alpha value is -1.32. The van der Waals surface area contributed by atoms with Crippen molar-refractivity contribution in [3.63, 3.8) is 0 Å². The highest BCUT2D eigenvalue weighted by molar-refractivity contribution is 5.48. The first-order valence-corrected chi connectivity index (χ1v) is 7.48. The molecule has 1 aliphatic carbocycles. The third-order valence-electron chi connectivity index (χ3n) is 3.47. The maximum absolute atomic E-state index is 5.86. The Labute approximate surface area is 116 Å². The van der Waals surface area contributed by atoms with Crippen molar-refractivity contribution in [3.8, 4) is 5.88 Å². The lowest BCUT2D eigenvalue weighted by Crippen LogP contribution is -2.10. The topological polar surface area (TPSA) is 47.0 Å².